The molecule has 1 aromatic rings. The number of rotatable bonds is 4. The first-order chi connectivity index (χ1) is 8.34. The molecule has 18 heavy (non-hydrogen) atoms. The van der Waals surface area contributed by atoms with Crippen molar-refractivity contribution in [3.05, 3.63) is 17.8 Å². The van der Waals surface area contributed by atoms with Crippen molar-refractivity contribution in [1.29, 1.82) is 0 Å². The summed E-state index contributed by atoms with van der Waals surface area (Å²) in [5, 5.41) is 2.88. The lowest BCUT2D eigenvalue weighted by molar-refractivity contribution is -0.123. The Morgan fingerprint density at radius 2 is 2.06 bits per heavy atom. The highest BCUT2D eigenvalue weighted by molar-refractivity contribution is 5.94. The van der Waals surface area contributed by atoms with Gasteiger partial charge in [0, 0.05) is 11.5 Å². The molecule has 0 aliphatic rings. The molecule has 1 N–H and O–H groups in total. The van der Waals surface area contributed by atoms with Gasteiger partial charge >= 0.3 is 0 Å². The summed E-state index contributed by atoms with van der Waals surface area (Å²) in [6, 6.07) is 3.61. The third kappa shape index (κ3) is 4.02. The molecule has 1 heterocycles. The van der Waals surface area contributed by atoms with Gasteiger partial charge in [-0.05, 0) is 19.4 Å². The summed E-state index contributed by atoms with van der Waals surface area (Å²) >= 11 is 0. The van der Waals surface area contributed by atoms with Crippen LogP contribution in [-0.2, 0) is 4.79 Å². The normalized spacial score (nSPS) is 11.2. The van der Waals surface area contributed by atoms with E-state index < -0.39 is 5.41 Å². The van der Waals surface area contributed by atoms with Crippen LogP contribution in [0, 0.1) is 12.3 Å². The van der Waals surface area contributed by atoms with Crippen molar-refractivity contribution in [2.24, 2.45) is 5.41 Å². The lowest BCUT2D eigenvalue weighted by Crippen LogP contribution is -2.28. The summed E-state index contributed by atoms with van der Waals surface area (Å²) in [7, 11) is 0. The van der Waals surface area contributed by atoms with Crippen LogP contribution < -0.4 is 10.1 Å². The van der Waals surface area contributed by atoms with E-state index in [1.165, 1.54) is 0 Å². The molecule has 1 amide bonds. The van der Waals surface area contributed by atoms with Crippen LogP contribution in [0.15, 0.2) is 12.1 Å². The van der Waals surface area contributed by atoms with Crippen LogP contribution in [0.1, 0.15) is 39.8 Å². The molecule has 1 aromatic heterocycles. The van der Waals surface area contributed by atoms with E-state index in [0.717, 1.165) is 17.8 Å². The Morgan fingerprint density at radius 3 is 2.56 bits per heavy atom. The Morgan fingerprint density at radius 1 is 1.39 bits per heavy atom. The number of amides is 1. The van der Waals surface area contributed by atoms with Gasteiger partial charge in [-0.15, -0.1) is 0 Å². The highest BCUT2D eigenvalue weighted by atomic mass is 16.5. The lowest BCUT2D eigenvalue weighted by atomic mass is 9.95. The molecule has 0 saturated carbocycles. The Labute approximate surface area is 109 Å². The molecule has 4 heteroatoms. The molecule has 0 aromatic carbocycles. The van der Waals surface area contributed by atoms with Crippen LogP contribution in [0.3, 0.4) is 0 Å². The van der Waals surface area contributed by atoms with Crippen molar-refractivity contribution in [3.8, 4) is 5.88 Å². The number of ether oxygens (including phenoxy) is 1. The first-order valence-electron chi connectivity index (χ1n) is 6.26. The van der Waals surface area contributed by atoms with E-state index in [0.29, 0.717) is 12.5 Å². The molecule has 4 nitrogen and oxygen atoms in total. The minimum Gasteiger partial charge on any atom is -0.478 e. The van der Waals surface area contributed by atoms with Gasteiger partial charge in [0.05, 0.1) is 18.0 Å². The number of hydrogen-bond acceptors (Lipinski definition) is 3. The second-order valence-electron chi connectivity index (χ2n) is 5.34. The average molecular weight is 250 g/mol. The molecule has 0 spiro atoms. The van der Waals surface area contributed by atoms with E-state index in [-0.39, 0.29) is 5.91 Å². The minimum absolute atomic E-state index is 0.0189. The van der Waals surface area contributed by atoms with Crippen molar-refractivity contribution in [3.63, 3.8) is 0 Å². The van der Waals surface area contributed by atoms with Crippen molar-refractivity contribution in [2.45, 2.75) is 41.0 Å². The smallest absolute Gasteiger partial charge is 0.229 e. The molecule has 0 saturated heterocycles. The van der Waals surface area contributed by atoms with Crippen LogP contribution >= 0.6 is 0 Å². The van der Waals surface area contributed by atoms with E-state index in [4.69, 9.17) is 4.74 Å². The first kappa shape index (κ1) is 14.5. The summed E-state index contributed by atoms with van der Waals surface area (Å²) in [6.45, 7) is 10.2. The van der Waals surface area contributed by atoms with Gasteiger partial charge in [0.25, 0.3) is 0 Å². The number of anilines is 1. The van der Waals surface area contributed by atoms with E-state index in [1.54, 1.807) is 6.07 Å². The molecule has 1 rings (SSSR count). The second-order valence-corrected chi connectivity index (χ2v) is 5.34. The maximum absolute atomic E-state index is 11.9. The number of carbonyl (C=O) groups is 1. The molecule has 0 aliphatic carbocycles. The number of nitrogens with zero attached hydrogens (tertiary/aromatic N) is 1. The third-order valence-electron chi connectivity index (χ3n) is 2.44. The standard InChI is InChI=1S/C14H22N2O2/c1-6-9-18-12-8-7-11(10(2)15-12)16-13(17)14(3,4)5/h7-8H,6,9H2,1-5H3,(H,16,17). The predicted molar refractivity (Wildman–Crippen MR) is 72.8 cm³/mol. The van der Waals surface area contributed by atoms with E-state index in [2.05, 4.69) is 10.3 Å². The summed E-state index contributed by atoms with van der Waals surface area (Å²) in [4.78, 5) is 16.2. The van der Waals surface area contributed by atoms with E-state index >= 15 is 0 Å². The van der Waals surface area contributed by atoms with Crippen LogP contribution in [0.5, 0.6) is 5.88 Å². The summed E-state index contributed by atoms with van der Waals surface area (Å²) < 4.78 is 5.44. The monoisotopic (exact) mass is 250 g/mol. The molecular weight excluding hydrogens is 228 g/mol. The molecule has 0 radical (unpaired) electrons. The van der Waals surface area contributed by atoms with Gasteiger partial charge in [-0.25, -0.2) is 4.98 Å². The molecule has 0 unspecified atom stereocenters. The van der Waals surface area contributed by atoms with Crippen LogP contribution in [0.2, 0.25) is 0 Å². The Hall–Kier alpha value is -1.58. The molecule has 100 valence electrons. The Kier molecular flexibility index (Phi) is 4.70. The maximum Gasteiger partial charge on any atom is 0.229 e. The largest absolute Gasteiger partial charge is 0.478 e. The van der Waals surface area contributed by atoms with E-state index in [9.17, 15) is 4.79 Å². The minimum atomic E-state index is -0.413. The SMILES string of the molecule is CCCOc1ccc(NC(=O)C(C)(C)C)c(C)n1. The maximum atomic E-state index is 11.9. The highest BCUT2D eigenvalue weighted by Crippen LogP contribution is 2.21. The van der Waals surface area contributed by atoms with Gasteiger partial charge in [-0.2, -0.15) is 0 Å². The zero-order chi connectivity index (χ0) is 13.8. The second kappa shape index (κ2) is 5.85. The lowest BCUT2D eigenvalue weighted by Gasteiger charge is -2.18. The van der Waals surface area contributed by atoms with Gasteiger partial charge in [-0.3, -0.25) is 4.79 Å². The zero-order valence-electron chi connectivity index (χ0n) is 11.8. The van der Waals surface area contributed by atoms with Crippen molar-refractivity contribution < 1.29 is 9.53 Å². The van der Waals surface area contributed by atoms with Gasteiger partial charge in [0.1, 0.15) is 0 Å². The topological polar surface area (TPSA) is 51.2 Å². The zero-order valence-corrected chi connectivity index (χ0v) is 11.8. The van der Waals surface area contributed by atoms with Crippen LogP contribution in [0.25, 0.3) is 0 Å². The van der Waals surface area contributed by atoms with Gasteiger partial charge in [0.2, 0.25) is 11.8 Å². The fourth-order valence-electron chi connectivity index (χ4n) is 1.27. The Balaban J connectivity index is 2.77. The van der Waals surface area contributed by atoms with Crippen LogP contribution in [-0.4, -0.2) is 17.5 Å². The van der Waals surface area contributed by atoms with Crippen molar-refractivity contribution >= 4 is 11.6 Å². The molecule has 0 bridgehead atoms. The number of hydrogen-bond donors (Lipinski definition) is 1. The fourth-order valence-corrected chi connectivity index (χ4v) is 1.27. The average Bonchev–Trinajstić information content (AvgIpc) is 2.28. The van der Waals surface area contributed by atoms with Gasteiger partial charge in [-0.1, -0.05) is 27.7 Å². The highest BCUT2D eigenvalue weighted by Gasteiger charge is 2.21. The summed E-state index contributed by atoms with van der Waals surface area (Å²) in [5.41, 5.74) is 1.09. The first-order valence-corrected chi connectivity index (χ1v) is 6.26. The van der Waals surface area contributed by atoms with Gasteiger partial charge in [0.15, 0.2) is 0 Å². The number of pyridine rings is 1. The third-order valence-corrected chi connectivity index (χ3v) is 2.44. The van der Waals surface area contributed by atoms with Crippen molar-refractivity contribution in [1.82, 2.24) is 4.98 Å². The number of aryl methyl sites for hydroxylation is 1. The molecule has 0 fully saturated rings. The fraction of sp³-hybridized carbons (Fsp3) is 0.571. The quantitative estimate of drug-likeness (QED) is 0.893. The van der Waals surface area contributed by atoms with E-state index in [1.807, 2.05) is 40.7 Å². The number of carbonyl (C=O) groups excluding carboxylic acids is 1. The molecular formula is C14H22N2O2. The number of nitrogens with one attached hydrogen (secondary N) is 1. The number of aromatic nitrogens is 1. The summed E-state index contributed by atoms with van der Waals surface area (Å²) in [5.74, 6) is 0.581. The summed E-state index contributed by atoms with van der Waals surface area (Å²) in [6.07, 6.45) is 0.948. The Bertz CT molecular complexity index is 422. The van der Waals surface area contributed by atoms with Gasteiger partial charge < -0.3 is 10.1 Å². The predicted octanol–water partition coefficient (Wildman–Crippen LogP) is 3.16. The molecule has 0 aliphatic heterocycles. The molecule has 0 atom stereocenters. The van der Waals surface area contributed by atoms with Crippen LogP contribution in [0.4, 0.5) is 5.69 Å². The van der Waals surface area contributed by atoms with Crippen molar-refractivity contribution in [2.75, 3.05) is 11.9 Å².